The van der Waals surface area contributed by atoms with E-state index in [1.165, 1.54) is 0 Å². The SMILES string of the molecule is Cc1cc(-c2nc3c(c(=O)[nH]2)COCC3)cc(C)c1O. The number of rotatable bonds is 1. The monoisotopic (exact) mass is 272 g/mol. The summed E-state index contributed by atoms with van der Waals surface area (Å²) >= 11 is 0. The Morgan fingerprint density at radius 2 is 2.00 bits per heavy atom. The molecule has 2 aromatic rings. The first kappa shape index (κ1) is 12.9. The van der Waals surface area contributed by atoms with Crippen molar-refractivity contribution in [3.63, 3.8) is 0 Å². The fourth-order valence-corrected chi connectivity index (χ4v) is 2.47. The average Bonchev–Trinajstić information content (AvgIpc) is 2.44. The van der Waals surface area contributed by atoms with Crippen LogP contribution >= 0.6 is 0 Å². The molecular formula is C15H16N2O3. The summed E-state index contributed by atoms with van der Waals surface area (Å²) in [6.07, 6.45) is 0.655. The standard InChI is InChI=1S/C15H16N2O3/c1-8-5-10(6-9(2)13(8)18)14-16-12-3-4-20-7-11(12)15(19)17-14/h5-6,18H,3-4,7H2,1-2H3,(H,16,17,19). The zero-order chi connectivity index (χ0) is 14.3. The Morgan fingerprint density at radius 3 is 2.70 bits per heavy atom. The number of benzene rings is 1. The van der Waals surface area contributed by atoms with Crippen molar-refractivity contribution in [1.82, 2.24) is 9.97 Å². The van der Waals surface area contributed by atoms with E-state index in [9.17, 15) is 9.90 Å². The number of H-pyrrole nitrogens is 1. The highest BCUT2D eigenvalue weighted by molar-refractivity contribution is 5.61. The van der Waals surface area contributed by atoms with Gasteiger partial charge in [0.15, 0.2) is 0 Å². The Kier molecular flexibility index (Phi) is 3.06. The number of aromatic nitrogens is 2. The van der Waals surface area contributed by atoms with Crippen molar-refractivity contribution in [3.05, 3.63) is 44.9 Å². The molecule has 3 rings (SSSR count). The number of aromatic amines is 1. The zero-order valence-corrected chi connectivity index (χ0v) is 11.5. The van der Waals surface area contributed by atoms with E-state index in [1.54, 1.807) is 0 Å². The molecule has 5 heteroatoms. The van der Waals surface area contributed by atoms with Crippen LogP contribution in [0, 0.1) is 13.8 Å². The maximum atomic E-state index is 12.1. The van der Waals surface area contributed by atoms with Gasteiger partial charge in [-0.05, 0) is 37.1 Å². The van der Waals surface area contributed by atoms with Crippen molar-refractivity contribution in [1.29, 1.82) is 0 Å². The molecule has 0 amide bonds. The molecule has 0 spiro atoms. The lowest BCUT2D eigenvalue weighted by Crippen LogP contribution is -2.24. The molecule has 2 N–H and O–H groups in total. The van der Waals surface area contributed by atoms with Crippen LogP contribution in [0.4, 0.5) is 0 Å². The number of nitrogens with zero attached hydrogens (tertiary/aromatic N) is 1. The normalized spacial score (nSPS) is 14.1. The van der Waals surface area contributed by atoms with Crippen molar-refractivity contribution < 1.29 is 9.84 Å². The second-order valence-corrected chi connectivity index (χ2v) is 5.10. The number of hydrogen-bond acceptors (Lipinski definition) is 4. The van der Waals surface area contributed by atoms with Crippen molar-refractivity contribution in [2.75, 3.05) is 6.61 Å². The maximum absolute atomic E-state index is 12.1. The lowest BCUT2D eigenvalue weighted by molar-refractivity contribution is 0.108. The van der Waals surface area contributed by atoms with Gasteiger partial charge in [0.25, 0.3) is 5.56 Å². The fourth-order valence-electron chi connectivity index (χ4n) is 2.47. The third-order valence-corrected chi connectivity index (χ3v) is 3.60. The van der Waals surface area contributed by atoms with E-state index in [2.05, 4.69) is 9.97 Å². The predicted molar refractivity (Wildman–Crippen MR) is 74.8 cm³/mol. The first-order chi connectivity index (χ1) is 9.56. The Labute approximate surface area is 116 Å². The van der Waals surface area contributed by atoms with Gasteiger partial charge in [-0.2, -0.15) is 0 Å². The minimum absolute atomic E-state index is 0.145. The number of aryl methyl sites for hydroxylation is 2. The average molecular weight is 272 g/mol. The molecule has 0 aliphatic carbocycles. The Balaban J connectivity index is 2.16. The summed E-state index contributed by atoms with van der Waals surface area (Å²) < 4.78 is 5.28. The summed E-state index contributed by atoms with van der Waals surface area (Å²) in [5.41, 5.74) is 3.62. The van der Waals surface area contributed by atoms with Crippen molar-refractivity contribution in [2.24, 2.45) is 0 Å². The van der Waals surface area contributed by atoms with Gasteiger partial charge in [-0.15, -0.1) is 0 Å². The molecule has 104 valence electrons. The maximum Gasteiger partial charge on any atom is 0.256 e. The summed E-state index contributed by atoms with van der Waals surface area (Å²) in [6, 6.07) is 3.65. The molecule has 5 nitrogen and oxygen atoms in total. The number of hydrogen-bond donors (Lipinski definition) is 2. The van der Waals surface area contributed by atoms with Gasteiger partial charge < -0.3 is 14.8 Å². The number of aromatic hydroxyl groups is 1. The van der Waals surface area contributed by atoms with Crippen LogP contribution in [0.25, 0.3) is 11.4 Å². The Bertz CT molecular complexity index is 711. The van der Waals surface area contributed by atoms with Crippen LogP contribution in [0.3, 0.4) is 0 Å². The molecular weight excluding hydrogens is 256 g/mol. The van der Waals surface area contributed by atoms with E-state index in [1.807, 2.05) is 26.0 Å². The first-order valence-corrected chi connectivity index (χ1v) is 6.56. The number of nitrogens with one attached hydrogen (secondary N) is 1. The van der Waals surface area contributed by atoms with E-state index in [0.717, 1.165) is 22.4 Å². The quantitative estimate of drug-likeness (QED) is 0.830. The molecule has 2 heterocycles. The summed E-state index contributed by atoms with van der Waals surface area (Å²) in [7, 11) is 0. The van der Waals surface area contributed by atoms with Crippen LogP contribution < -0.4 is 5.56 Å². The number of fused-ring (bicyclic) bond motifs is 1. The molecule has 0 saturated heterocycles. The van der Waals surface area contributed by atoms with E-state index < -0.39 is 0 Å². The van der Waals surface area contributed by atoms with Crippen LogP contribution in [-0.4, -0.2) is 21.7 Å². The fraction of sp³-hybridized carbons (Fsp3) is 0.333. The van der Waals surface area contributed by atoms with Gasteiger partial charge in [0, 0.05) is 12.0 Å². The first-order valence-electron chi connectivity index (χ1n) is 6.56. The van der Waals surface area contributed by atoms with Crippen LogP contribution in [0.15, 0.2) is 16.9 Å². The predicted octanol–water partition coefficient (Wildman–Crippen LogP) is 1.83. The topological polar surface area (TPSA) is 75.2 Å². The van der Waals surface area contributed by atoms with Gasteiger partial charge in [0.05, 0.1) is 24.5 Å². The molecule has 0 unspecified atom stereocenters. The smallest absolute Gasteiger partial charge is 0.256 e. The Hall–Kier alpha value is -2.14. The molecule has 0 radical (unpaired) electrons. The third-order valence-electron chi connectivity index (χ3n) is 3.60. The summed E-state index contributed by atoms with van der Waals surface area (Å²) in [6.45, 7) is 4.58. The minimum Gasteiger partial charge on any atom is -0.507 e. The van der Waals surface area contributed by atoms with Gasteiger partial charge in [0.1, 0.15) is 11.6 Å². The molecule has 0 saturated carbocycles. The van der Waals surface area contributed by atoms with Gasteiger partial charge in [0.2, 0.25) is 0 Å². The highest BCUT2D eigenvalue weighted by Gasteiger charge is 2.17. The number of ether oxygens (including phenoxy) is 1. The summed E-state index contributed by atoms with van der Waals surface area (Å²) in [4.78, 5) is 19.4. The summed E-state index contributed by atoms with van der Waals surface area (Å²) in [5, 5.41) is 9.82. The van der Waals surface area contributed by atoms with Crippen LogP contribution in [-0.2, 0) is 17.8 Å². The summed E-state index contributed by atoms with van der Waals surface area (Å²) in [5.74, 6) is 0.823. The highest BCUT2D eigenvalue weighted by atomic mass is 16.5. The van der Waals surface area contributed by atoms with E-state index in [4.69, 9.17) is 4.74 Å². The van der Waals surface area contributed by atoms with Gasteiger partial charge in [-0.3, -0.25) is 4.79 Å². The van der Waals surface area contributed by atoms with Gasteiger partial charge >= 0.3 is 0 Å². The van der Waals surface area contributed by atoms with Crippen LogP contribution in [0.1, 0.15) is 22.4 Å². The zero-order valence-electron chi connectivity index (χ0n) is 11.5. The number of phenolic OH excluding ortho intramolecular Hbond substituents is 1. The molecule has 20 heavy (non-hydrogen) atoms. The molecule has 1 aliphatic heterocycles. The lowest BCUT2D eigenvalue weighted by Gasteiger charge is -2.16. The molecule has 1 aromatic carbocycles. The third kappa shape index (κ3) is 2.10. The molecule has 0 bridgehead atoms. The van der Waals surface area contributed by atoms with E-state index in [-0.39, 0.29) is 11.3 Å². The van der Waals surface area contributed by atoms with Crippen molar-refractivity contribution >= 4 is 0 Å². The largest absolute Gasteiger partial charge is 0.507 e. The molecule has 0 atom stereocenters. The van der Waals surface area contributed by atoms with Crippen LogP contribution in [0.2, 0.25) is 0 Å². The highest BCUT2D eigenvalue weighted by Crippen LogP contribution is 2.27. The second kappa shape index (κ2) is 4.76. The number of phenols is 1. The van der Waals surface area contributed by atoms with E-state index >= 15 is 0 Å². The molecule has 1 aliphatic rings. The van der Waals surface area contributed by atoms with Gasteiger partial charge in [-0.1, -0.05) is 0 Å². The van der Waals surface area contributed by atoms with Crippen molar-refractivity contribution in [2.45, 2.75) is 26.9 Å². The Morgan fingerprint density at radius 1 is 1.30 bits per heavy atom. The van der Waals surface area contributed by atoms with Crippen molar-refractivity contribution in [3.8, 4) is 17.1 Å². The lowest BCUT2D eigenvalue weighted by atomic mass is 10.0. The molecule has 1 aromatic heterocycles. The second-order valence-electron chi connectivity index (χ2n) is 5.10. The molecule has 0 fully saturated rings. The van der Waals surface area contributed by atoms with Crippen LogP contribution in [0.5, 0.6) is 5.75 Å². The minimum atomic E-state index is -0.145. The van der Waals surface area contributed by atoms with E-state index in [0.29, 0.717) is 31.0 Å². The van der Waals surface area contributed by atoms with Gasteiger partial charge in [-0.25, -0.2) is 4.98 Å².